The molecule has 3 aromatic rings. The van der Waals surface area contributed by atoms with E-state index in [-0.39, 0.29) is 29.3 Å². The zero-order valence-corrected chi connectivity index (χ0v) is 25.4. The first-order valence-corrected chi connectivity index (χ1v) is 15.3. The van der Waals surface area contributed by atoms with Crippen molar-refractivity contribution in [3.8, 4) is 0 Å². The Kier molecular flexibility index (Phi) is 10.7. The van der Waals surface area contributed by atoms with Gasteiger partial charge in [-0.1, -0.05) is 62.7 Å². The Labute approximate surface area is 243 Å². The molecule has 2 amide bonds. The van der Waals surface area contributed by atoms with Crippen LogP contribution in [-0.2, 0) is 26.2 Å². The van der Waals surface area contributed by atoms with Crippen molar-refractivity contribution in [2.24, 2.45) is 0 Å². The summed E-state index contributed by atoms with van der Waals surface area (Å²) < 4.78 is 42.6. The van der Waals surface area contributed by atoms with Gasteiger partial charge in [-0.2, -0.15) is 0 Å². The Morgan fingerprint density at radius 1 is 0.878 bits per heavy atom. The third-order valence-electron chi connectivity index (χ3n) is 7.17. The number of hydrogen-bond donors (Lipinski definition) is 1. The van der Waals surface area contributed by atoms with Gasteiger partial charge in [0.15, 0.2) is 0 Å². The highest BCUT2D eigenvalue weighted by Gasteiger charge is 2.32. The number of carbonyl (C=O) groups is 2. The van der Waals surface area contributed by atoms with E-state index in [2.05, 4.69) is 5.32 Å². The van der Waals surface area contributed by atoms with Crippen LogP contribution in [0.15, 0.2) is 77.7 Å². The van der Waals surface area contributed by atoms with Crippen LogP contribution in [0.1, 0.15) is 63.6 Å². The maximum atomic E-state index is 14.0. The smallest absolute Gasteiger partial charge is 0.264 e. The Balaban J connectivity index is 2.03. The van der Waals surface area contributed by atoms with Crippen LogP contribution >= 0.6 is 0 Å². The van der Waals surface area contributed by atoms with Crippen LogP contribution in [0.4, 0.5) is 10.1 Å². The average Bonchev–Trinajstić information content (AvgIpc) is 2.95. The second kappa shape index (κ2) is 13.8. The molecule has 0 fully saturated rings. The van der Waals surface area contributed by atoms with Gasteiger partial charge in [0.2, 0.25) is 11.8 Å². The molecule has 0 bridgehead atoms. The predicted octanol–water partition coefficient (Wildman–Crippen LogP) is 5.78. The van der Waals surface area contributed by atoms with Crippen molar-refractivity contribution >= 4 is 27.5 Å². The van der Waals surface area contributed by atoms with Crippen molar-refractivity contribution in [3.05, 3.63) is 95.3 Å². The van der Waals surface area contributed by atoms with E-state index in [1.165, 1.54) is 29.2 Å². The normalized spacial score (nSPS) is 13.0. The van der Waals surface area contributed by atoms with Gasteiger partial charge in [0, 0.05) is 12.6 Å². The van der Waals surface area contributed by atoms with Gasteiger partial charge in [-0.05, 0) is 80.6 Å². The van der Waals surface area contributed by atoms with Crippen molar-refractivity contribution in [1.29, 1.82) is 0 Å². The average molecular weight is 582 g/mol. The molecule has 1 N–H and O–H groups in total. The van der Waals surface area contributed by atoms with Crippen molar-refractivity contribution in [2.45, 2.75) is 77.4 Å². The molecule has 0 aliphatic carbocycles. The van der Waals surface area contributed by atoms with Crippen molar-refractivity contribution in [2.75, 3.05) is 10.8 Å². The van der Waals surface area contributed by atoms with E-state index in [4.69, 9.17) is 0 Å². The first-order chi connectivity index (χ1) is 19.3. The number of rotatable bonds is 12. The van der Waals surface area contributed by atoms with Crippen LogP contribution in [0.25, 0.3) is 0 Å². The number of hydrogen-bond acceptors (Lipinski definition) is 4. The van der Waals surface area contributed by atoms with Gasteiger partial charge >= 0.3 is 0 Å². The van der Waals surface area contributed by atoms with Gasteiger partial charge in [-0.15, -0.1) is 0 Å². The van der Waals surface area contributed by atoms with Crippen molar-refractivity contribution in [3.63, 3.8) is 0 Å². The van der Waals surface area contributed by atoms with E-state index in [0.717, 1.165) is 15.4 Å². The van der Waals surface area contributed by atoms with E-state index in [9.17, 15) is 22.4 Å². The van der Waals surface area contributed by atoms with Crippen LogP contribution in [0.5, 0.6) is 0 Å². The first kappa shape index (κ1) is 31.8. The number of benzene rings is 3. The van der Waals surface area contributed by atoms with Gasteiger partial charge in [0.1, 0.15) is 18.4 Å². The molecule has 0 spiro atoms. The molecule has 3 aromatic carbocycles. The number of sulfonamides is 1. The number of carbonyl (C=O) groups excluding carboxylic acids is 2. The Hall–Kier alpha value is -3.72. The summed E-state index contributed by atoms with van der Waals surface area (Å²) >= 11 is 0. The van der Waals surface area contributed by atoms with Crippen LogP contribution in [0.3, 0.4) is 0 Å². The summed E-state index contributed by atoms with van der Waals surface area (Å²) in [5.74, 6) is -1.10. The summed E-state index contributed by atoms with van der Waals surface area (Å²) in [6, 6.07) is 18.2. The van der Waals surface area contributed by atoms with Gasteiger partial charge in [-0.25, -0.2) is 12.8 Å². The Bertz CT molecular complexity index is 1420. The minimum atomic E-state index is -4.14. The first-order valence-electron chi connectivity index (χ1n) is 13.9. The molecule has 0 aromatic heterocycles. The minimum Gasteiger partial charge on any atom is -0.352 e. The molecule has 3 rings (SSSR count). The molecule has 0 heterocycles. The number of aryl methyl sites for hydroxylation is 1. The molecular formula is C32H40FN3O4S. The van der Waals surface area contributed by atoms with Crippen LogP contribution in [-0.4, -0.2) is 43.8 Å². The molecule has 0 saturated heterocycles. The predicted molar refractivity (Wildman–Crippen MR) is 161 cm³/mol. The maximum Gasteiger partial charge on any atom is 0.264 e. The highest BCUT2D eigenvalue weighted by atomic mass is 32.2. The summed E-state index contributed by atoms with van der Waals surface area (Å²) in [5.41, 5.74) is 2.87. The highest BCUT2D eigenvalue weighted by molar-refractivity contribution is 7.92. The lowest BCUT2D eigenvalue weighted by Gasteiger charge is -2.32. The fraction of sp³-hybridized carbons (Fsp3) is 0.375. The number of halogens is 1. The molecule has 2 unspecified atom stereocenters. The molecule has 41 heavy (non-hydrogen) atoms. The molecule has 0 saturated carbocycles. The van der Waals surface area contributed by atoms with Crippen LogP contribution in [0.2, 0.25) is 0 Å². The topological polar surface area (TPSA) is 86.8 Å². The molecule has 0 aliphatic heterocycles. The largest absolute Gasteiger partial charge is 0.352 e. The van der Waals surface area contributed by atoms with E-state index >= 15 is 0 Å². The minimum absolute atomic E-state index is 0.00108. The molecule has 2 atom stereocenters. The third kappa shape index (κ3) is 8.16. The zero-order valence-electron chi connectivity index (χ0n) is 24.6. The van der Waals surface area contributed by atoms with Crippen molar-refractivity contribution < 1.29 is 22.4 Å². The van der Waals surface area contributed by atoms with E-state index in [1.807, 2.05) is 46.8 Å². The summed E-state index contributed by atoms with van der Waals surface area (Å²) in [4.78, 5) is 28.5. The lowest BCUT2D eigenvalue weighted by molar-refractivity contribution is -0.139. The summed E-state index contributed by atoms with van der Waals surface area (Å²) in [5, 5.41) is 2.90. The molecule has 7 nitrogen and oxygen atoms in total. The Morgan fingerprint density at radius 2 is 1.46 bits per heavy atom. The van der Waals surface area contributed by atoms with Gasteiger partial charge < -0.3 is 10.2 Å². The molecule has 0 aliphatic rings. The quantitative estimate of drug-likeness (QED) is 0.294. The molecule has 0 radical (unpaired) electrons. The monoisotopic (exact) mass is 581 g/mol. The van der Waals surface area contributed by atoms with Gasteiger partial charge in [-0.3, -0.25) is 13.9 Å². The fourth-order valence-corrected chi connectivity index (χ4v) is 5.64. The zero-order chi connectivity index (χ0) is 30.3. The van der Waals surface area contributed by atoms with Gasteiger partial charge in [0.05, 0.1) is 10.6 Å². The van der Waals surface area contributed by atoms with E-state index in [0.29, 0.717) is 17.7 Å². The molecule has 220 valence electrons. The van der Waals surface area contributed by atoms with Gasteiger partial charge in [0.25, 0.3) is 10.0 Å². The lowest BCUT2D eigenvalue weighted by atomic mass is 10.0. The summed E-state index contributed by atoms with van der Waals surface area (Å²) in [6.07, 6.45) is 0.708. The lowest BCUT2D eigenvalue weighted by Crippen LogP contribution is -2.52. The fourth-order valence-electron chi connectivity index (χ4n) is 4.23. The summed E-state index contributed by atoms with van der Waals surface area (Å²) in [7, 11) is -4.14. The van der Waals surface area contributed by atoms with Crippen LogP contribution < -0.4 is 9.62 Å². The summed E-state index contributed by atoms with van der Waals surface area (Å²) in [6.45, 7) is 10.8. The standard InChI is InChI=1S/C32H40FN3O4S/c1-7-24(5)34-32(38)25(6)35(20-26-10-14-28(33)15-11-26)31(37)21-36(29-16-12-27(13-17-29)22(2)3)41(39,40)30-18-8-23(4)9-19-30/h8-19,22,24-25H,7,20-21H2,1-6H3,(H,34,38). The van der Waals surface area contributed by atoms with E-state index in [1.54, 1.807) is 43.3 Å². The second-order valence-corrected chi connectivity index (χ2v) is 12.6. The number of anilines is 1. The van der Waals surface area contributed by atoms with Crippen LogP contribution in [0, 0.1) is 12.7 Å². The highest BCUT2D eigenvalue weighted by Crippen LogP contribution is 2.27. The molecule has 9 heteroatoms. The van der Waals surface area contributed by atoms with Crippen molar-refractivity contribution in [1.82, 2.24) is 10.2 Å². The number of nitrogens with zero attached hydrogens (tertiary/aromatic N) is 2. The SMILES string of the molecule is CCC(C)NC(=O)C(C)N(Cc1ccc(F)cc1)C(=O)CN(c1ccc(C(C)C)cc1)S(=O)(=O)c1ccc(C)cc1. The maximum absolute atomic E-state index is 14.0. The number of amides is 2. The third-order valence-corrected chi connectivity index (χ3v) is 8.96. The Morgan fingerprint density at radius 3 is 2.00 bits per heavy atom. The molecular weight excluding hydrogens is 541 g/mol. The second-order valence-electron chi connectivity index (χ2n) is 10.7. The van der Waals surface area contributed by atoms with E-state index < -0.39 is 34.3 Å². The number of nitrogens with one attached hydrogen (secondary N) is 1.